The Hall–Kier alpha value is -0.910. The maximum atomic E-state index is 13.5. The Morgan fingerprint density at radius 2 is 2.06 bits per heavy atom. The van der Waals surface area contributed by atoms with Gasteiger partial charge in [-0.2, -0.15) is 0 Å². The van der Waals surface area contributed by atoms with Crippen molar-refractivity contribution in [2.24, 2.45) is 0 Å². The molecule has 0 saturated heterocycles. The topological polar surface area (TPSA) is 24.9 Å². The number of nitrogens with zero attached hydrogens (tertiary/aromatic N) is 1. The zero-order valence-corrected chi connectivity index (χ0v) is 12.9. The van der Waals surface area contributed by atoms with E-state index < -0.39 is 0 Å². The number of hydrogen-bond acceptors (Lipinski definition) is 2. The van der Waals surface area contributed by atoms with Crippen molar-refractivity contribution in [3.05, 3.63) is 33.3 Å². The van der Waals surface area contributed by atoms with E-state index >= 15 is 0 Å². The van der Waals surface area contributed by atoms with Crippen LogP contribution in [0.25, 0.3) is 10.9 Å². The summed E-state index contributed by atoms with van der Waals surface area (Å²) in [5, 5.41) is 4.14. The lowest BCUT2D eigenvalue weighted by molar-refractivity contribution is 0.628. The van der Waals surface area contributed by atoms with Gasteiger partial charge >= 0.3 is 0 Å². The molecule has 0 atom stereocenters. The normalized spacial score (nSPS) is 11.2. The Kier molecular flexibility index (Phi) is 4.04. The van der Waals surface area contributed by atoms with Crippen molar-refractivity contribution in [2.75, 3.05) is 11.9 Å². The molecule has 18 heavy (non-hydrogen) atoms. The number of halogens is 2. The Morgan fingerprint density at radius 3 is 2.67 bits per heavy atom. The first-order valence-corrected chi connectivity index (χ1v) is 7.14. The minimum atomic E-state index is -0.217. The second-order valence-corrected chi connectivity index (χ2v) is 5.73. The highest BCUT2D eigenvalue weighted by Crippen LogP contribution is 2.30. The third-order valence-corrected chi connectivity index (χ3v) is 3.63. The van der Waals surface area contributed by atoms with E-state index in [2.05, 4.69) is 46.7 Å². The zero-order valence-electron chi connectivity index (χ0n) is 10.7. The molecule has 2 aromatic rings. The third-order valence-electron chi connectivity index (χ3n) is 2.81. The summed E-state index contributed by atoms with van der Waals surface area (Å²) >= 11 is 2.14. The molecule has 0 aliphatic rings. The third kappa shape index (κ3) is 2.58. The highest BCUT2D eigenvalue weighted by atomic mass is 127. The summed E-state index contributed by atoms with van der Waals surface area (Å²) in [5.41, 5.74) is 2.87. The van der Waals surface area contributed by atoms with E-state index in [-0.39, 0.29) is 5.82 Å². The molecule has 1 N–H and O–H groups in total. The average Bonchev–Trinajstić information content (AvgIpc) is 2.29. The van der Waals surface area contributed by atoms with Crippen molar-refractivity contribution in [2.45, 2.75) is 26.7 Å². The molecule has 0 amide bonds. The average molecular weight is 358 g/mol. The highest BCUT2D eigenvalue weighted by Gasteiger charge is 2.11. The Labute approximate surface area is 120 Å². The van der Waals surface area contributed by atoms with Crippen molar-refractivity contribution in [3.63, 3.8) is 0 Å². The zero-order chi connectivity index (χ0) is 13.3. The minimum absolute atomic E-state index is 0.217. The van der Waals surface area contributed by atoms with Crippen LogP contribution < -0.4 is 5.32 Å². The van der Waals surface area contributed by atoms with Crippen LogP contribution in [0.2, 0.25) is 0 Å². The van der Waals surface area contributed by atoms with Crippen molar-refractivity contribution in [1.82, 2.24) is 4.98 Å². The fraction of sp³-hybridized carbons (Fsp3) is 0.357. The van der Waals surface area contributed by atoms with E-state index in [1.807, 2.05) is 13.0 Å². The highest BCUT2D eigenvalue weighted by molar-refractivity contribution is 14.1. The molecule has 0 bridgehead atoms. The Morgan fingerprint density at radius 1 is 1.33 bits per heavy atom. The van der Waals surface area contributed by atoms with Gasteiger partial charge in [-0.1, -0.05) is 13.8 Å². The molecular weight excluding hydrogens is 342 g/mol. The van der Waals surface area contributed by atoms with Crippen LogP contribution in [0.1, 0.15) is 32.4 Å². The second-order valence-electron chi connectivity index (χ2n) is 4.56. The van der Waals surface area contributed by atoms with E-state index in [0.29, 0.717) is 5.92 Å². The summed E-state index contributed by atoms with van der Waals surface area (Å²) in [5.74, 6) is 0.137. The molecule has 0 aliphatic heterocycles. The first kappa shape index (κ1) is 13.5. The minimum Gasteiger partial charge on any atom is -0.385 e. The van der Waals surface area contributed by atoms with Gasteiger partial charge in [0, 0.05) is 26.9 Å². The molecule has 0 saturated carbocycles. The van der Waals surface area contributed by atoms with Crippen LogP contribution in [0, 0.1) is 9.39 Å². The number of fused-ring (bicyclic) bond motifs is 1. The lowest BCUT2D eigenvalue weighted by Gasteiger charge is -2.13. The standard InChI is InChI=1S/C14H16FIN2/c1-4-17-13-7-12(8(2)3)18-14-10(13)5-9(15)6-11(14)16/h5-8H,4H2,1-3H3,(H,17,18). The molecule has 0 spiro atoms. The van der Waals surface area contributed by atoms with Gasteiger partial charge in [-0.15, -0.1) is 0 Å². The van der Waals surface area contributed by atoms with E-state index in [9.17, 15) is 4.39 Å². The van der Waals surface area contributed by atoms with Gasteiger partial charge in [0.05, 0.1) is 5.52 Å². The van der Waals surface area contributed by atoms with Crippen LogP contribution in [-0.4, -0.2) is 11.5 Å². The van der Waals surface area contributed by atoms with Gasteiger partial charge in [-0.05, 0) is 53.6 Å². The van der Waals surface area contributed by atoms with Crippen molar-refractivity contribution in [3.8, 4) is 0 Å². The largest absolute Gasteiger partial charge is 0.385 e. The first-order valence-electron chi connectivity index (χ1n) is 6.06. The summed E-state index contributed by atoms with van der Waals surface area (Å²) in [6.45, 7) is 7.07. The lowest BCUT2D eigenvalue weighted by Crippen LogP contribution is -2.03. The van der Waals surface area contributed by atoms with Gasteiger partial charge in [0.25, 0.3) is 0 Å². The Balaban J connectivity index is 2.76. The molecule has 1 aromatic carbocycles. The maximum absolute atomic E-state index is 13.5. The van der Waals surface area contributed by atoms with Crippen LogP contribution in [0.5, 0.6) is 0 Å². The SMILES string of the molecule is CCNc1cc(C(C)C)nc2c(I)cc(F)cc12. The number of pyridine rings is 1. The molecule has 0 unspecified atom stereocenters. The molecule has 0 fully saturated rings. The quantitative estimate of drug-likeness (QED) is 0.816. The molecule has 1 aromatic heterocycles. The van der Waals surface area contributed by atoms with Gasteiger partial charge in [-0.25, -0.2) is 4.39 Å². The number of aromatic nitrogens is 1. The van der Waals surface area contributed by atoms with E-state index in [1.54, 1.807) is 6.07 Å². The summed E-state index contributed by atoms with van der Waals surface area (Å²) in [6.07, 6.45) is 0. The molecule has 96 valence electrons. The number of benzene rings is 1. The summed E-state index contributed by atoms with van der Waals surface area (Å²) in [7, 11) is 0. The Bertz CT molecular complexity index is 582. The number of rotatable bonds is 3. The predicted molar refractivity (Wildman–Crippen MR) is 82.7 cm³/mol. The fourth-order valence-corrected chi connectivity index (χ4v) is 2.61. The number of anilines is 1. The lowest BCUT2D eigenvalue weighted by atomic mass is 10.1. The molecule has 0 aliphatic carbocycles. The molecular formula is C14H16FIN2. The molecule has 0 radical (unpaired) electrons. The van der Waals surface area contributed by atoms with Gasteiger partial charge < -0.3 is 5.32 Å². The van der Waals surface area contributed by atoms with Gasteiger partial charge in [0.2, 0.25) is 0 Å². The number of hydrogen-bond donors (Lipinski definition) is 1. The van der Waals surface area contributed by atoms with Crippen LogP contribution in [0.4, 0.5) is 10.1 Å². The van der Waals surface area contributed by atoms with Crippen LogP contribution >= 0.6 is 22.6 Å². The van der Waals surface area contributed by atoms with E-state index in [4.69, 9.17) is 0 Å². The fourth-order valence-electron chi connectivity index (χ4n) is 1.90. The van der Waals surface area contributed by atoms with Crippen LogP contribution in [-0.2, 0) is 0 Å². The molecule has 2 rings (SSSR count). The van der Waals surface area contributed by atoms with Crippen molar-refractivity contribution < 1.29 is 4.39 Å². The van der Waals surface area contributed by atoms with Crippen LogP contribution in [0.3, 0.4) is 0 Å². The maximum Gasteiger partial charge on any atom is 0.125 e. The number of nitrogens with one attached hydrogen (secondary N) is 1. The first-order chi connectivity index (χ1) is 8.52. The predicted octanol–water partition coefficient (Wildman–Crippen LogP) is 4.53. The van der Waals surface area contributed by atoms with E-state index in [0.717, 1.165) is 32.4 Å². The molecule has 1 heterocycles. The molecule has 2 nitrogen and oxygen atoms in total. The summed E-state index contributed by atoms with van der Waals surface area (Å²) in [6, 6.07) is 5.09. The smallest absolute Gasteiger partial charge is 0.125 e. The van der Waals surface area contributed by atoms with Crippen molar-refractivity contribution in [1.29, 1.82) is 0 Å². The second kappa shape index (κ2) is 5.38. The van der Waals surface area contributed by atoms with Gasteiger partial charge in [0.1, 0.15) is 5.82 Å². The monoisotopic (exact) mass is 358 g/mol. The summed E-state index contributed by atoms with van der Waals surface area (Å²) in [4.78, 5) is 4.64. The van der Waals surface area contributed by atoms with Gasteiger partial charge in [-0.3, -0.25) is 4.98 Å². The van der Waals surface area contributed by atoms with Gasteiger partial charge in [0.15, 0.2) is 0 Å². The van der Waals surface area contributed by atoms with E-state index in [1.165, 1.54) is 6.07 Å². The molecule has 4 heteroatoms. The van der Waals surface area contributed by atoms with Crippen LogP contribution in [0.15, 0.2) is 18.2 Å². The van der Waals surface area contributed by atoms with Crippen molar-refractivity contribution >= 4 is 39.2 Å². The summed E-state index contributed by atoms with van der Waals surface area (Å²) < 4.78 is 14.4.